The molecule has 0 spiro atoms. The van der Waals surface area contributed by atoms with E-state index in [1.165, 1.54) is 0 Å². The first-order valence-electron chi connectivity index (χ1n) is 7.28. The van der Waals surface area contributed by atoms with Gasteiger partial charge in [-0.15, -0.1) is 0 Å². The second kappa shape index (κ2) is 11.6. The molecule has 130 valence electrons. The van der Waals surface area contributed by atoms with Crippen LogP contribution in [0.2, 0.25) is 0 Å². The lowest BCUT2D eigenvalue weighted by molar-refractivity contribution is -0.159. The molecule has 1 aromatic carbocycles. The number of aliphatic hydroxyl groups is 1. The monoisotopic (exact) mass is 327 g/mol. The highest BCUT2D eigenvalue weighted by Gasteiger charge is 2.09. The summed E-state index contributed by atoms with van der Waals surface area (Å²) in [5.41, 5.74) is 1.14. The molecule has 2 atom stereocenters. The smallest absolute Gasteiger partial charge is 0.414 e. The van der Waals surface area contributed by atoms with E-state index >= 15 is 0 Å². The zero-order valence-corrected chi connectivity index (χ0v) is 13.6. The van der Waals surface area contributed by atoms with Gasteiger partial charge < -0.3 is 25.4 Å². The van der Waals surface area contributed by atoms with Gasteiger partial charge >= 0.3 is 11.9 Å². The molecule has 2 unspecified atom stereocenters. The second-order valence-electron chi connectivity index (χ2n) is 5.21. The third-order valence-electron chi connectivity index (χ3n) is 2.75. The van der Waals surface area contributed by atoms with Gasteiger partial charge in [-0.2, -0.15) is 0 Å². The molecule has 0 saturated carbocycles. The Labute approximate surface area is 135 Å². The SMILES string of the molecule is CC(C)NCC(O)COC(C)c1ccccc1.O=C(O)C(=O)O. The van der Waals surface area contributed by atoms with Gasteiger partial charge in [0, 0.05) is 12.6 Å². The lowest BCUT2D eigenvalue weighted by Crippen LogP contribution is -2.34. The molecule has 0 aliphatic rings. The van der Waals surface area contributed by atoms with Crippen molar-refractivity contribution in [3.63, 3.8) is 0 Å². The minimum Gasteiger partial charge on any atom is -0.473 e. The van der Waals surface area contributed by atoms with Gasteiger partial charge in [-0.1, -0.05) is 44.2 Å². The number of carboxylic acid groups (broad SMARTS) is 2. The summed E-state index contributed by atoms with van der Waals surface area (Å²) in [6, 6.07) is 10.4. The highest BCUT2D eigenvalue weighted by molar-refractivity contribution is 6.27. The van der Waals surface area contributed by atoms with E-state index in [2.05, 4.69) is 19.2 Å². The van der Waals surface area contributed by atoms with Crippen molar-refractivity contribution in [1.82, 2.24) is 5.32 Å². The van der Waals surface area contributed by atoms with Crippen LogP contribution in [0.3, 0.4) is 0 Å². The Kier molecular flexibility index (Phi) is 10.6. The molecule has 7 heteroatoms. The van der Waals surface area contributed by atoms with E-state index in [0.717, 1.165) is 5.56 Å². The standard InChI is InChI=1S/C14H23NO2.C2H2O4/c1-11(2)15-9-14(16)10-17-12(3)13-7-5-4-6-8-13;3-1(4)2(5)6/h4-8,11-12,14-16H,9-10H2,1-3H3;(H,3,4)(H,5,6). The Morgan fingerprint density at radius 3 is 2.04 bits per heavy atom. The normalized spacial score (nSPS) is 12.9. The Balaban J connectivity index is 0.000000688. The molecule has 4 N–H and O–H groups in total. The molecule has 0 bridgehead atoms. The summed E-state index contributed by atoms with van der Waals surface area (Å²) in [6.45, 7) is 7.03. The van der Waals surface area contributed by atoms with Crippen LogP contribution in [0, 0.1) is 0 Å². The molecule has 7 nitrogen and oxygen atoms in total. The van der Waals surface area contributed by atoms with Crippen molar-refractivity contribution < 1.29 is 29.6 Å². The number of aliphatic carboxylic acids is 2. The number of hydrogen-bond acceptors (Lipinski definition) is 5. The number of nitrogens with one attached hydrogen (secondary N) is 1. The Morgan fingerprint density at radius 1 is 1.09 bits per heavy atom. The highest BCUT2D eigenvalue weighted by Crippen LogP contribution is 2.15. The first kappa shape index (κ1) is 21.0. The van der Waals surface area contributed by atoms with Crippen molar-refractivity contribution in [3.8, 4) is 0 Å². The summed E-state index contributed by atoms with van der Waals surface area (Å²) in [6.07, 6.45) is -0.437. The van der Waals surface area contributed by atoms with Gasteiger partial charge in [0.25, 0.3) is 0 Å². The van der Waals surface area contributed by atoms with Crippen molar-refractivity contribution in [2.24, 2.45) is 0 Å². The van der Waals surface area contributed by atoms with Crippen LogP contribution in [0.5, 0.6) is 0 Å². The molecule has 0 amide bonds. The van der Waals surface area contributed by atoms with Gasteiger partial charge in [0.2, 0.25) is 0 Å². The average Bonchev–Trinajstić information content (AvgIpc) is 2.51. The summed E-state index contributed by atoms with van der Waals surface area (Å²) in [4.78, 5) is 18.2. The number of hydrogen-bond donors (Lipinski definition) is 4. The van der Waals surface area contributed by atoms with Gasteiger partial charge in [0.1, 0.15) is 0 Å². The van der Waals surface area contributed by atoms with E-state index < -0.39 is 18.0 Å². The lowest BCUT2D eigenvalue weighted by Gasteiger charge is -2.18. The molecule has 0 radical (unpaired) electrons. The predicted molar refractivity (Wildman–Crippen MR) is 85.2 cm³/mol. The van der Waals surface area contributed by atoms with Gasteiger partial charge in [-0.25, -0.2) is 9.59 Å². The molecule has 0 aliphatic heterocycles. The van der Waals surface area contributed by atoms with Crippen molar-refractivity contribution in [2.75, 3.05) is 13.2 Å². The summed E-state index contributed by atoms with van der Waals surface area (Å²) in [5.74, 6) is -3.65. The number of carboxylic acids is 2. The minimum atomic E-state index is -1.82. The third kappa shape index (κ3) is 11.3. The molecule has 0 heterocycles. The number of ether oxygens (including phenoxy) is 1. The fourth-order valence-corrected chi connectivity index (χ4v) is 1.51. The van der Waals surface area contributed by atoms with Crippen LogP contribution >= 0.6 is 0 Å². The van der Waals surface area contributed by atoms with E-state index in [1.807, 2.05) is 37.3 Å². The Hall–Kier alpha value is -1.96. The minimum absolute atomic E-state index is 0.0184. The van der Waals surface area contributed by atoms with E-state index in [1.54, 1.807) is 0 Å². The molecule has 0 fully saturated rings. The Bertz CT molecular complexity index is 451. The van der Waals surface area contributed by atoms with Crippen LogP contribution in [-0.4, -0.2) is 52.6 Å². The number of rotatable bonds is 7. The molecule has 1 rings (SSSR count). The average molecular weight is 327 g/mol. The van der Waals surface area contributed by atoms with E-state index in [4.69, 9.17) is 24.5 Å². The number of carbonyl (C=O) groups is 2. The van der Waals surface area contributed by atoms with Crippen LogP contribution in [0.15, 0.2) is 30.3 Å². The van der Waals surface area contributed by atoms with Crippen LogP contribution in [0.1, 0.15) is 32.4 Å². The molecule has 0 aliphatic carbocycles. The number of benzene rings is 1. The van der Waals surface area contributed by atoms with Gasteiger partial charge in [0.05, 0.1) is 18.8 Å². The van der Waals surface area contributed by atoms with Crippen LogP contribution in [0.25, 0.3) is 0 Å². The maximum Gasteiger partial charge on any atom is 0.414 e. The van der Waals surface area contributed by atoms with E-state index in [9.17, 15) is 5.11 Å². The van der Waals surface area contributed by atoms with Gasteiger partial charge in [-0.05, 0) is 12.5 Å². The zero-order chi connectivity index (χ0) is 17.8. The van der Waals surface area contributed by atoms with Crippen molar-refractivity contribution >= 4 is 11.9 Å². The molecule has 1 aromatic rings. The quantitative estimate of drug-likeness (QED) is 0.557. The lowest BCUT2D eigenvalue weighted by atomic mass is 10.1. The fraction of sp³-hybridized carbons (Fsp3) is 0.500. The maximum atomic E-state index is 9.71. The van der Waals surface area contributed by atoms with Crippen LogP contribution in [-0.2, 0) is 14.3 Å². The van der Waals surface area contributed by atoms with Crippen LogP contribution in [0.4, 0.5) is 0 Å². The summed E-state index contributed by atoms with van der Waals surface area (Å²) in [7, 11) is 0. The fourth-order valence-electron chi connectivity index (χ4n) is 1.51. The maximum absolute atomic E-state index is 9.71. The van der Waals surface area contributed by atoms with Gasteiger partial charge in [-0.3, -0.25) is 0 Å². The first-order chi connectivity index (χ1) is 10.7. The molecular formula is C16H25NO6. The number of aliphatic hydroxyl groups excluding tert-OH is 1. The van der Waals surface area contributed by atoms with E-state index in [-0.39, 0.29) is 6.10 Å². The summed E-state index contributed by atoms with van der Waals surface area (Å²) < 4.78 is 5.63. The molecule has 0 aromatic heterocycles. The van der Waals surface area contributed by atoms with Crippen LogP contribution < -0.4 is 5.32 Å². The topological polar surface area (TPSA) is 116 Å². The van der Waals surface area contributed by atoms with E-state index in [0.29, 0.717) is 19.2 Å². The largest absolute Gasteiger partial charge is 0.473 e. The van der Waals surface area contributed by atoms with Crippen molar-refractivity contribution in [1.29, 1.82) is 0 Å². The summed E-state index contributed by atoms with van der Waals surface area (Å²) >= 11 is 0. The molecule has 23 heavy (non-hydrogen) atoms. The summed E-state index contributed by atoms with van der Waals surface area (Å²) in [5, 5.41) is 27.7. The third-order valence-corrected chi connectivity index (χ3v) is 2.75. The highest BCUT2D eigenvalue weighted by atomic mass is 16.5. The predicted octanol–water partition coefficient (Wildman–Crippen LogP) is 1.28. The van der Waals surface area contributed by atoms with Crippen molar-refractivity contribution in [3.05, 3.63) is 35.9 Å². The first-order valence-corrected chi connectivity index (χ1v) is 7.28. The van der Waals surface area contributed by atoms with Crippen molar-refractivity contribution in [2.45, 2.75) is 39.0 Å². The second-order valence-corrected chi connectivity index (χ2v) is 5.21. The Morgan fingerprint density at radius 2 is 1.61 bits per heavy atom. The zero-order valence-electron chi connectivity index (χ0n) is 13.6. The van der Waals surface area contributed by atoms with Gasteiger partial charge in [0.15, 0.2) is 0 Å². The molecule has 0 saturated heterocycles. The molecular weight excluding hydrogens is 302 g/mol.